The highest BCUT2D eigenvalue weighted by atomic mass is 16.4. The fraction of sp³-hybridized carbons (Fsp3) is 0.562. The van der Waals surface area contributed by atoms with Gasteiger partial charge in [-0.2, -0.15) is 0 Å². The summed E-state index contributed by atoms with van der Waals surface area (Å²) < 4.78 is 0. The van der Waals surface area contributed by atoms with E-state index in [4.69, 9.17) is 5.11 Å². The lowest BCUT2D eigenvalue weighted by atomic mass is 9.94. The van der Waals surface area contributed by atoms with Gasteiger partial charge in [-0.15, -0.1) is 0 Å². The fourth-order valence-corrected chi connectivity index (χ4v) is 3.20. The van der Waals surface area contributed by atoms with Crippen molar-refractivity contribution in [2.45, 2.75) is 51.1 Å². The number of carboxylic acid groups (broad SMARTS) is 1. The largest absolute Gasteiger partial charge is 0.508 e. The monoisotopic (exact) mass is 293 g/mol. The Hall–Kier alpha value is -1.75. The Labute approximate surface area is 124 Å². The Morgan fingerprint density at radius 1 is 1.38 bits per heavy atom. The van der Waals surface area contributed by atoms with Crippen molar-refractivity contribution < 1.29 is 20.1 Å². The molecule has 1 aromatic carbocycles. The summed E-state index contributed by atoms with van der Waals surface area (Å²) in [5.74, 6) is -0.629. The first-order valence-electron chi connectivity index (χ1n) is 7.48. The van der Waals surface area contributed by atoms with Crippen molar-refractivity contribution in [1.82, 2.24) is 4.90 Å². The van der Waals surface area contributed by atoms with E-state index in [1.165, 1.54) is 6.07 Å². The van der Waals surface area contributed by atoms with Crippen LogP contribution in [0, 0.1) is 0 Å². The number of hydrogen-bond acceptors (Lipinski definition) is 4. The lowest BCUT2D eigenvalue weighted by Crippen LogP contribution is -2.41. The van der Waals surface area contributed by atoms with E-state index < -0.39 is 5.97 Å². The summed E-state index contributed by atoms with van der Waals surface area (Å²) in [7, 11) is 0. The van der Waals surface area contributed by atoms with Crippen LogP contribution in [0.5, 0.6) is 11.5 Å². The molecule has 5 heteroatoms. The second-order valence-corrected chi connectivity index (χ2v) is 5.74. The van der Waals surface area contributed by atoms with Crippen LogP contribution in [0.15, 0.2) is 18.2 Å². The molecule has 1 heterocycles. The van der Waals surface area contributed by atoms with Crippen LogP contribution in [0.4, 0.5) is 0 Å². The summed E-state index contributed by atoms with van der Waals surface area (Å²) in [5, 5.41) is 28.3. The van der Waals surface area contributed by atoms with Gasteiger partial charge in [0.25, 0.3) is 0 Å². The maximum Gasteiger partial charge on any atom is 0.303 e. The van der Waals surface area contributed by atoms with Gasteiger partial charge in [0.1, 0.15) is 11.5 Å². The highest BCUT2D eigenvalue weighted by molar-refractivity contribution is 5.66. The van der Waals surface area contributed by atoms with Gasteiger partial charge in [0.2, 0.25) is 0 Å². The zero-order valence-electron chi connectivity index (χ0n) is 12.3. The zero-order valence-corrected chi connectivity index (χ0v) is 12.3. The Morgan fingerprint density at radius 3 is 2.81 bits per heavy atom. The number of carboxylic acids is 1. The van der Waals surface area contributed by atoms with Crippen LogP contribution in [-0.2, 0) is 4.79 Å². The number of phenolic OH excluding ortho intramolecular Hbond substituents is 2. The molecule has 0 saturated carbocycles. The maximum atomic E-state index is 10.8. The van der Waals surface area contributed by atoms with E-state index in [-0.39, 0.29) is 30.0 Å². The van der Waals surface area contributed by atoms with E-state index in [9.17, 15) is 15.0 Å². The minimum atomic E-state index is -0.763. The summed E-state index contributed by atoms with van der Waals surface area (Å²) in [6, 6.07) is 4.89. The smallest absolute Gasteiger partial charge is 0.303 e. The summed E-state index contributed by atoms with van der Waals surface area (Å²) in [6.45, 7) is 2.93. The Balaban J connectivity index is 2.13. The topological polar surface area (TPSA) is 81.0 Å². The second-order valence-electron chi connectivity index (χ2n) is 5.74. The van der Waals surface area contributed by atoms with Gasteiger partial charge in [-0.05, 0) is 38.8 Å². The Morgan fingerprint density at radius 2 is 2.14 bits per heavy atom. The van der Waals surface area contributed by atoms with E-state index in [1.807, 2.05) is 6.92 Å². The number of phenols is 2. The first-order valence-corrected chi connectivity index (χ1v) is 7.48. The third kappa shape index (κ3) is 3.88. The number of carbonyl (C=O) groups is 1. The van der Waals surface area contributed by atoms with E-state index in [0.717, 1.165) is 31.4 Å². The molecule has 2 atom stereocenters. The SMILES string of the molecule is CC(c1ccc(O)cc1O)N1CCCCC1CCC(=O)O. The van der Waals surface area contributed by atoms with Crippen molar-refractivity contribution >= 4 is 5.97 Å². The molecule has 0 spiro atoms. The molecule has 116 valence electrons. The summed E-state index contributed by atoms with van der Waals surface area (Å²) in [5.41, 5.74) is 0.773. The summed E-state index contributed by atoms with van der Waals surface area (Å²) >= 11 is 0. The Bertz CT molecular complexity index is 503. The maximum absolute atomic E-state index is 10.8. The van der Waals surface area contributed by atoms with Gasteiger partial charge >= 0.3 is 5.97 Å². The molecule has 0 aliphatic carbocycles. The molecule has 2 unspecified atom stereocenters. The minimum absolute atomic E-state index is 0.00435. The molecule has 1 aliphatic heterocycles. The average Bonchev–Trinajstić information content (AvgIpc) is 2.45. The number of nitrogens with zero attached hydrogens (tertiary/aromatic N) is 1. The van der Waals surface area contributed by atoms with Crippen LogP contribution >= 0.6 is 0 Å². The van der Waals surface area contributed by atoms with E-state index >= 15 is 0 Å². The summed E-state index contributed by atoms with van der Waals surface area (Å²) in [4.78, 5) is 13.1. The zero-order chi connectivity index (χ0) is 15.4. The van der Waals surface area contributed by atoms with Crippen molar-refractivity contribution in [3.63, 3.8) is 0 Å². The van der Waals surface area contributed by atoms with E-state index in [2.05, 4.69) is 4.90 Å². The fourth-order valence-electron chi connectivity index (χ4n) is 3.20. The van der Waals surface area contributed by atoms with Crippen LogP contribution < -0.4 is 0 Å². The standard InChI is InChI=1S/C16H23NO4/c1-11(14-7-6-13(18)10-15(14)19)17-9-3-2-4-12(17)5-8-16(20)21/h6-7,10-12,18-19H,2-5,8-9H2,1H3,(H,20,21). The number of piperidine rings is 1. The van der Waals surface area contributed by atoms with Gasteiger partial charge in [-0.1, -0.05) is 12.5 Å². The van der Waals surface area contributed by atoms with Crippen LogP contribution in [-0.4, -0.2) is 38.8 Å². The van der Waals surface area contributed by atoms with Crippen molar-refractivity contribution in [3.05, 3.63) is 23.8 Å². The number of likely N-dealkylation sites (tertiary alicyclic amines) is 1. The molecule has 1 fully saturated rings. The molecular formula is C16H23NO4. The molecule has 5 nitrogen and oxygen atoms in total. The number of hydrogen-bond donors (Lipinski definition) is 3. The first-order chi connectivity index (χ1) is 9.99. The van der Waals surface area contributed by atoms with Crippen molar-refractivity contribution in [2.75, 3.05) is 6.54 Å². The lowest BCUT2D eigenvalue weighted by Gasteiger charge is -2.40. The highest BCUT2D eigenvalue weighted by Gasteiger charge is 2.28. The van der Waals surface area contributed by atoms with Crippen molar-refractivity contribution in [2.24, 2.45) is 0 Å². The van der Waals surface area contributed by atoms with Gasteiger partial charge < -0.3 is 15.3 Å². The van der Waals surface area contributed by atoms with E-state index in [0.29, 0.717) is 6.42 Å². The highest BCUT2D eigenvalue weighted by Crippen LogP contribution is 2.35. The molecule has 1 aromatic rings. The first kappa shape index (κ1) is 15.6. The van der Waals surface area contributed by atoms with Crippen LogP contribution in [0.25, 0.3) is 0 Å². The van der Waals surface area contributed by atoms with Gasteiger partial charge in [-0.25, -0.2) is 0 Å². The van der Waals surface area contributed by atoms with Gasteiger partial charge in [0, 0.05) is 30.1 Å². The number of aliphatic carboxylic acids is 1. The third-order valence-electron chi connectivity index (χ3n) is 4.33. The van der Waals surface area contributed by atoms with Crippen molar-refractivity contribution in [3.8, 4) is 11.5 Å². The summed E-state index contributed by atoms with van der Waals surface area (Å²) in [6.07, 6.45) is 4.02. The minimum Gasteiger partial charge on any atom is -0.508 e. The number of aromatic hydroxyl groups is 2. The molecule has 21 heavy (non-hydrogen) atoms. The molecule has 1 saturated heterocycles. The number of benzene rings is 1. The quantitative estimate of drug-likeness (QED) is 0.777. The third-order valence-corrected chi connectivity index (χ3v) is 4.33. The number of rotatable bonds is 5. The molecule has 1 aliphatic rings. The van der Waals surface area contributed by atoms with Crippen molar-refractivity contribution in [1.29, 1.82) is 0 Å². The lowest BCUT2D eigenvalue weighted by molar-refractivity contribution is -0.137. The predicted octanol–water partition coefficient (Wildman–Crippen LogP) is 2.88. The molecule has 3 N–H and O–H groups in total. The normalized spacial score (nSPS) is 21.1. The second kappa shape index (κ2) is 6.80. The van der Waals surface area contributed by atoms with Gasteiger partial charge in [0.05, 0.1) is 0 Å². The molecule has 0 radical (unpaired) electrons. The van der Waals surface area contributed by atoms with Gasteiger partial charge in [0.15, 0.2) is 0 Å². The average molecular weight is 293 g/mol. The van der Waals surface area contributed by atoms with Crippen LogP contribution in [0.2, 0.25) is 0 Å². The van der Waals surface area contributed by atoms with E-state index in [1.54, 1.807) is 12.1 Å². The molecule has 2 rings (SSSR count). The predicted molar refractivity (Wildman–Crippen MR) is 79.4 cm³/mol. The Kier molecular flexibility index (Phi) is 5.07. The molecule has 0 amide bonds. The van der Waals surface area contributed by atoms with Crippen LogP contribution in [0.1, 0.15) is 50.6 Å². The molecule has 0 bridgehead atoms. The van der Waals surface area contributed by atoms with Gasteiger partial charge in [-0.3, -0.25) is 9.69 Å². The molecular weight excluding hydrogens is 270 g/mol. The molecule has 0 aromatic heterocycles. The van der Waals surface area contributed by atoms with Crippen LogP contribution in [0.3, 0.4) is 0 Å².